The number of ether oxygens (including phenoxy) is 2. The van der Waals surface area contributed by atoms with E-state index in [1.807, 2.05) is 13.8 Å². The topological polar surface area (TPSA) is 76.0 Å². The normalized spacial score (nSPS) is 10.3. The highest BCUT2D eigenvalue weighted by molar-refractivity contribution is 6.58. The van der Waals surface area contributed by atoms with Crippen LogP contribution in [-0.2, 0) is 4.74 Å². The zero-order chi connectivity index (χ0) is 13.7. The second-order valence-electron chi connectivity index (χ2n) is 4.33. The highest BCUT2D eigenvalue weighted by atomic mass is 16.5. The van der Waals surface area contributed by atoms with Gasteiger partial charge in [-0.1, -0.05) is 19.9 Å². The van der Waals surface area contributed by atoms with Crippen LogP contribution in [-0.4, -0.2) is 36.9 Å². The van der Waals surface area contributed by atoms with Crippen LogP contribution in [0, 0.1) is 5.92 Å². The lowest BCUT2D eigenvalue weighted by molar-refractivity contribution is 0.0595. The lowest BCUT2D eigenvalue weighted by atomic mass is 9.80. The molecule has 0 spiro atoms. The zero-order valence-corrected chi connectivity index (χ0v) is 10.7. The summed E-state index contributed by atoms with van der Waals surface area (Å²) in [5.74, 6) is 0.0621. The molecule has 0 aliphatic carbocycles. The molecule has 0 amide bonds. The van der Waals surface area contributed by atoms with E-state index in [0.29, 0.717) is 18.3 Å². The molecule has 0 heterocycles. The third kappa shape index (κ3) is 3.75. The SMILES string of the molecule is COC(=O)c1ccc(B(O)O)cc1OCC(C)C. The summed E-state index contributed by atoms with van der Waals surface area (Å²) in [6.07, 6.45) is 0. The Bertz CT molecular complexity index is 417. The molecule has 2 N–H and O–H groups in total. The third-order valence-electron chi connectivity index (χ3n) is 2.28. The minimum Gasteiger partial charge on any atom is -0.492 e. The van der Waals surface area contributed by atoms with Crippen LogP contribution >= 0.6 is 0 Å². The van der Waals surface area contributed by atoms with Crippen LogP contribution in [0.5, 0.6) is 5.75 Å². The maximum Gasteiger partial charge on any atom is 0.488 e. The second kappa shape index (κ2) is 6.42. The fraction of sp³-hybridized carbons (Fsp3) is 0.417. The van der Waals surface area contributed by atoms with Gasteiger partial charge in [-0.25, -0.2) is 4.79 Å². The van der Waals surface area contributed by atoms with Crippen molar-refractivity contribution in [2.24, 2.45) is 5.92 Å². The van der Waals surface area contributed by atoms with Crippen molar-refractivity contribution in [3.63, 3.8) is 0 Å². The highest BCUT2D eigenvalue weighted by Gasteiger charge is 2.18. The van der Waals surface area contributed by atoms with Crippen molar-refractivity contribution in [1.82, 2.24) is 0 Å². The van der Waals surface area contributed by atoms with Crippen LogP contribution in [0.25, 0.3) is 0 Å². The quantitative estimate of drug-likeness (QED) is 0.577. The Labute approximate surface area is 106 Å². The average Bonchev–Trinajstić information content (AvgIpc) is 2.34. The van der Waals surface area contributed by atoms with E-state index >= 15 is 0 Å². The van der Waals surface area contributed by atoms with Gasteiger partial charge in [0.05, 0.1) is 13.7 Å². The predicted octanol–water partition coefficient (Wildman–Crippen LogP) is 0.188. The van der Waals surface area contributed by atoms with Crippen LogP contribution in [0.3, 0.4) is 0 Å². The summed E-state index contributed by atoms with van der Waals surface area (Å²) >= 11 is 0. The molecule has 0 bridgehead atoms. The van der Waals surface area contributed by atoms with E-state index in [-0.39, 0.29) is 11.0 Å². The molecule has 0 aliphatic rings. The van der Waals surface area contributed by atoms with E-state index in [1.54, 1.807) is 0 Å². The number of rotatable bonds is 5. The van der Waals surface area contributed by atoms with Crippen molar-refractivity contribution < 1.29 is 24.3 Å². The van der Waals surface area contributed by atoms with Crippen molar-refractivity contribution in [3.05, 3.63) is 23.8 Å². The molecule has 0 radical (unpaired) electrons. The first-order valence-electron chi connectivity index (χ1n) is 5.67. The van der Waals surface area contributed by atoms with Crippen LogP contribution < -0.4 is 10.2 Å². The fourth-order valence-corrected chi connectivity index (χ4v) is 1.35. The molecule has 0 atom stereocenters. The van der Waals surface area contributed by atoms with Crippen LogP contribution in [0.1, 0.15) is 24.2 Å². The minimum absolute atomic E-state index is 0.265. The molecule has 0 saturated carbocycles. The van der Waals surface area contributed by atoms with Gasteiger partial charge in [0.2, 0.25) is 0 Å². The molecule has 0 fully saturated rings. The Kier molecular flexibility index (Phi) is 5.18. The van der Waals surface area contributed by atoms with E-state index in [1.165, 1.54) is 25.3 Å². The average molecular weight is 252 g/mol. The van der Waals surface area contributed by atoms with Gasteiger partial charge < -0.3 is 19.5 Å². The first-order valence-corrected chi connectivity index (χ1v) is 5.67. The summed E-state index contributed by atoms with van der Waals surface area (Å²) in [4.78, 5) is 11.5. The molecule has 1 aromatic carbocycles. The standard InChI is InChI=1S/C12H17BO5/c1-8(2)7-18-11-6-9(13(15)16)4-5-10(11)12(14)17-3/h4-6,8,15-16H,7H2,1-3H3. The Morgan fingerprint density at radius 1 is 1.39 bits per heavy atom. The van der Waals surface area contributed by atoms with E-state index in [2.05, 4.69) is 4.74 Å². The van der Waals surface area contributed by atoms with Crippen LogP contribution in [0.4, 0.5) is 0 Å². The molecule has 5 nitrogen and oxygen atoms in total. The Morgan fingerprint density at radius 2 is 2.06 bits per heavy atom. The number of hydrogen-bond donors (Lipinski definition) is 2. The Morgan fingerprint density at radius 3 is 2.56 bits per heavy atom. The van der Waals surface area contributed by atoms with Crippen molar-refractivity contribution in [2.75, 3.05) is 13.7 Å². The van der Waals surface area contributed by atoms with Crippen molar-refractivity contribution in [2.45, 2.75) is 13.8 Å². The fourth-order valence-electron chi connectivity index (χ4n) is 1.35. The maximum absolute atomic E-state index is 11.5. The number of carbonyl (C=O) groups is 1. The van der Waals surface area contributed by atoms with Gasteiger partial charge in [0.15, 0.2) is 0 Å². The lowest BCUT2D eigenvalue weighted by Crippen LogP contribution is -2.30. The number of hydrogen-bond acceptors (Lipinski definition) is 5. The molecule has 1 aromatic rings. The first-order chi connectivity index (χ1) is 8.45. The third-order valence-corrected chi connectivity index (χ3v) is 2.28. The molecule has 0 aliphatic heterocycles. The summed E-state index contributed by atoms with van der Waals surface area (Å²) < 4.78 is 10.1. The molecule has 98 valence electrons. The molecule has 0 aromatic heterocycles. The van der Waals surface area contributed by atoms with Gasteiger partial charge in [-0.3, -0.25) is 0 Å². The monoisotopic (exact) mass is 252 g/mol. The van der Waals surface area contributed by atoms with Crippen molar-refractivity contribution >= 4 is 18.6 Å². The van der Waals surface area contributed by atoms with Gasteiger partial charge in [0.25, 0.3) is 0 Å². The summed E-state index contributed by atoms with van der Waals surface area (Å²) in [6.45, 7) is 4.38. The van der Waals surface area contributed by atoms with Crippen molar-refractivity contribution in [1.29, 1.82) is 0 Å². The largest absolute Gasteiger partial charge is 0.492 e. The molecule has 6 heteroatoms. The van der Waals surface area contributed by atoms with Crippen LogP contribution in [0.15, 0.2) is 18.2 Å². The molecular formula is C12H17BO5. The van der Waals surface area contributed by atoms with Gasteiger partial charge in [0.1, 0.15) is 11.3 Å². The summed E-state index contributed by atoms with van der Waals surface area (Å²) in [6, 6.07) is 4.33. The highest BCUT2D eigenvalue weighted by Crippen LogP contribution is 2.18. The number of benzene rings is 1. The summed E-state index contributed by atoms with van der Waals surface area (Å²) in [7, 11) is -0.318. The van der Waals surface area contributed by atoms with E-state index in [4.69, 9.17) is 14.8 Å². The molecule has 18 heavy (non-hydrogen) atoms. The first kappa shape index (κ1) is 14.5. The number of methoxy groups -OCH3 is 1. The predicted molar refractivity (Wildman–Crippen MR) is 67.9 cm³/mol. The van der Waals surface area contributed by atoms with Gasteiger partial charge in [-0.2, -0.15) is 0 Å². The molecule has 0 saturated heterocycles. The van der Waals surface area contributed by atoms with Gasteiger partial charge in [0, 0.05) is 0 Å². The van der Waals surface area contributed by atoms with Gasteiger partial charge in [-0.05, 0) is 23.5 Å². The molecular weight excluding hydrogens is 235 g/mol. The summed E-state index contributed by atoms with van der Waals surface area (Å²) in [5.41, 5.74) is 0.531. The second-order valence-corrected chi connectivity index (χ2v) is 4.33. The maximum atomic E-state index is 11.5. The van der Waals surface area contributed by atoms with E-state index in [0.717, 1.165) is 0 Å². The van der Waals surface area contributed by atoms with E-state index in [9.17, 15) is 4.79 Å². The Hall–Kier alpha value is -1.53. The Balaban J connectivity index is 3.05. The molecule has 0 unspecified atom stereocenters. The van der Waals surface area contributed by atoms with Gasteiger partial charge >= 0.3 is 13.1 Å². The number of esters is 1. The smallest absolute Gasteiger partial charge is 0.488 e. The van der Waals surface area contributed by atoms with Crippen molar-refractivity contribution in [3.8, 4) is 5.75 Å². The summed E-state index contributed by atoms with van der Waals surface area (Å²) in [5, 5.41) is 18.2. The van der Waals surface area contributed by atoms with Gasteiger partial charge in [-0.15, -0.1) is 0 Å². The number of carbonyl (C=O) groups excluding carboxylic acids is 1. The minimum atomic E-state index is -1.60. The van der Waals surface area contributed by atoms with Crippen LogP contribution in [0.2, 0.25) is 0 Å². The lowest BCUT2D eigenvalue weighted by Gasteiger charge is -2.13. The molecule has 1 rings (SSSR count). The zero-order valence-electron chi connectivity index (χ0n) is 10.7. The van der Waals surface area contributed by atoms with E-state index < -0.39 is 13.1 Å².